The van der Waals surface area contributed by atoms with Gasteiger partial charge in [0.1, 0.15) is 0 Å². The second kappa shape index (κ2) is 5.10. The summed E-state index contributed by atoms with van der Waals surface area (Å²) in [5.74, 6) is -0.241. The summed E-state index contributed by atoms with van der Waals surface area (Å²) in [5, 5.41) is 9.33. The van der Waals surface area contributed by atoms with Crippen molar-refractivity contribution in [2.24, 2.45) is 5.16 Å². The number of hydrogen-bond donors (Lipinski definition) is 1. The molecule has 0 amide bonds. The summed E-state index contributed by atoms with van der Waals surface area (Å²) in [5.41, 5.74) is 0. The standard InChI is InChI=1S/C6H4O2.CH3NO/c7-5-1-2-6(8)4-3-5;1-2-3/h1-4H;3H,1H2. The zero-order valence-electron chi connectivity index (χ0n) is 5.73. The van der Waals surface area contributed by atoms with Crippen LogP contribution >= 0.6 is 0 Å². The molecule has 1 aliphatic rings. The fourth-order valence-corrected chi connectivity index (χ4v) is 0.440. The lowest BCUT2D eigenvalue weighted by molar-refractivity contribution is -0.113. The minimum absolute atomic E-state index is 0.121. The van der Waals surface area contributed by atoms with Gasteiger partial charge in [-0.15, -0.1) is 5.16 Å². The van der Waals surface area contributed by atoms with Crippen LogP contribution in [0, 0.1) is 0 Å². The first-order valence-electron chi connectivity index (χ1n) is 2.75. The van der Waals surface area contributed by atoms with Gasteiger partial charge >= 0.3 is 0 Å². The van der Waals surface area contributed by atoms with Gasteiger partial charge in [-0.2, -0.15) is 0 Å². The number of oxime groups is 1. The van der Waals surface area contributed by atoms with Crippen LogP contribution in [0.3, 0.4) is 0 Å². The molecule has 1 N–H and O–H groups in total. The highest BCUT2D eigenvalue weighted by Gasteiger charge is 1.97. The molecule has 0 aromatic rings. The number of rotatable bonds is 0. The van der Waals surface area contributed by atoms with Crippen molar-refractivity contribution in [2.45, 2.75) is 0 Å². The zero-order valence-corrected chi connectivity index (χ0v) is 5.73. The van der Waals surface area contributed by atoms with E-state index in [1.807, 2.05) is 0 Å². The monoisotopic (exact) mass is 153 g/mol. The van der Waals surface area contributed by atoms with Crippen LogP contribution in [0.25, 0.3) is 0 Å². The summed E-state index contributed by atoms with van der Waals surface area (Å²) in [6.07, 6.45) is 5.01. The first-order chi connectivity index (χ1) is 5.20. The maximum Gasteiger partial charge on any atom is 0.178 e. The maximum atomic E-state index is 10.3. The van der Waals surface area contributed by atoms with Crippen molar-refractivity contribution in [1.29, 1.82) is 0 Å². The Hall–Kier alpha value is -1.71. The number of allylic oxidation sites excluding steroid dienone is 4. The molecule has 58 valence electrons. The van der Waals surface area contributed by atoms with E-state index < -0.39 is 0 Å². The third-order valence-corrected chi connectivity index (χ3v) is 0.824. The lowest BCUT2D eigenvalue weighted by atomic mass is 10.2. The van der Waals surface area contributed by atoms with Gasteiger partial charge in [0.2, 0.25) is 0 Å². The van der Waals surface area contributed by atoms with Crippen molar-refractivity contribution < 1.29 is 14.8 Å². The fourth-order valence-electron chi connectivity index (χ4n) is 0.440. The molecule has 0 bridgehead atoms. The van der Waals surface area contributed by atoms with E-state index in [0.717, 1.165) is 0 Å². The molecule has 0 unspecified atom stereocenters. The molecule has 0 heterocycles. The molecule has 11 heavy (non-hydrogen) atoms. The van der Waals surface area contributed by atoms with Crippen LogP contribution in [0.2, 0.25) is 0 Å². The summed E-state index contributed by atoms with van der Waals surface area (Å²) >= 11 is 0. The van der Waals surface area contributed by atoms with Crippen LogP contribution < -0.4 is 0 Å². The minimum Gasteiger partial charge on any atom is -0.411 e. The third-order valence-electron chi connectivity index (χ3n) is 0.824. The summed E-state index contributed by atoms with van der Waals surface area (Å²) < 4.78 is 0. The largest absolute Gasteiger partial charge is 0.411 e. The van der Waals surface area contributed by atoms with Crippen LogP contribution in [-0.2, 0) is 9.59 Å². The Morgan fingerprint density at radius 1 is 1.09 bits per heavy atom. The van der Waals surface area contributed by atoms with Gasteiger partial charge in [-0.05, 0) is 24.3 Å². The van der Waals surface area contributed by atoms with Gasteiger partial charge in [0.05, 0.1) is 0 Å². The Morgan fingerprint density at radius 3 is 1.45 bits per heavy atom. The smallest absolute Gasteiger partial charge is 0.178 e. The molecule has 0 radical (unpaired) electrons. The van der Waals surface area contributed by atoms with Gasteiger partial charge in [-0.3, -0.25) is 9.59 Å². The molecule has 0 spiro atoms. The van der Waals surface area contributed by atoms with Crippen molar-refractivity contribution in [1.82, 2.24) is 0 Å². The number of carbonyl (C=O) groups is 2. The molecular formula is C7H7NO3. The average Bonchev–Trinajstić information content (AvgIpc) is 1.97. The van der Waals surface area contributed by atoms with E-state index in [0.29, 0.717) is 0 Å². The highest BCUT2D eigenvalue weighted by Crippen LogP contribution is 1.90. The van der Waals surface area contributed by atoms with Crippen molar-refractivity contribution in [2.75, 3.05) is 0 Å². The van der Waals surface area contributed by atoms with E-state index in [9.17, 15) is 9.59 Å². The Balaban J connectivity index is 0.000000292. The van der Waals surface area contributed by atoms with Crippen LogP contribution in [0.1, 0.15) is 0 Å². The van der Waals surface area contributed by atoms with Crippen molar-refractivity contribution in [3.05, 3.63) is 24.3 Å². The highest BCUT2D eigenvalue weighted by atomic mass is 16.4. The van der Waals surface area contributed by atoms with Gasteiger partial charge in [0.15, 0.2) is 11.6 Å². The number of hydrogen-bond acceptors (Lipinski definition) is 4. The topological polar surface area (TPSA) is 66.7 Å². The second-order valence-corrected chi connectivity index (χ2v) is 1.61. The lowest BCUT2D eigenvalue weighted by Crippen LogP contribution is -1.97. The molecule has 0 saturated heterocycles. The molecule has 4 nitrogen and oxygen atoms in total. The molecule has 0 aromatic heterocycles. The van der Waals surface area contributed by atoms with Crippen LogP contribution in [0.5, 0.6) is 0 Å². The first-order valence-corrected chi connectivity index (χ1v) is 2.75. The van der Waals surface area contributed by atoms with Crippen molar-refractivity contribution in [3.8, 4) is 0 Å². The third kappa shape index (κ3) is 4.77. The highest BCUT2D eigenvalue weighted by molar-refractivity contribution is 6.14. The molecule has 0 saturated carbocycles. The SMILES string of the molecule is C=NO.O=C1C=CC(=O)C=C1. The van der Waals surface area contributed by atoms with Gasteiger partial charge in [0, 0.05) is 6.72 Å². The Bertz CT molecular complexity index is 190. The summed E-state index contributed by atoms with van der Waals surface area (Å²) in [7, 11) is 0. The summed E-state index contributed by atoms with van der Waals surface area (Å²) in [6.45, 7) is 2.67. The van der Waals surface area contributed by atoms with Crippen molar-refractivity contribution in [3.63, 3.8) is 0 Å². The van der Waals surface area contributed by atoms with Gasteiger partial charge in [-0.1, -0.05) is 0 Å². The predicted octanol–water partition coefficient (Wildman–Crippen LogP) is 0.327. The Labute approximate surface area is 63.5 Å². The van der Waals surface area contributed by atoms with Crippen LogP contribution in [0.15, 0.2) is 29.5 Å². The molecule has 0 aliphatic heterocycles. The fraction of sp³-hybridized carbons (Fsp3) is 0. The molecule has 4 heteroatoms. The van der Waals surface area contributed by atoms with E-state index in [1.54, 1.807) is 0 Å². The molecular weight excluding hydrogens is 146 g/mol. The minimum atomic E-state index is -0.121. The molecule has 0 atom stereocenters. The number of nitrogens with zero attached hydrogens (tertiary/aromatic N) is 1. The number of carbonyl (C=O) groups excluding carboxylic acids is 2. The van der Waals surface area contributed by atoms with E-state index in [2.05, 4.69) is 11.9 Å². The average molecular weight is 153 g/mol. The Morgan fingerprint density at radius 2 is 1.27 bits per heavy atom. The second-order valence-electron chi connectivity index (χ2n) is 1.61. The predicted molar refractivity (Wildman–Crippen MR) is 39.6 cm³/mol. The summed E-state index contributed by atoms with van der Waals surface area (Å²) in [4.78, 5) is 20.6. The lowest BCUT2D eigenvalue weighted by Gasteiger charge is -1.87. The molecule has 0 fully saturated rings. The van der Waals surface area contributed by atoms with Crippen LogP contribution in [0.4, 0.5) is 0 Å². The molecule has 1 rings (SSSR count). The first kappa shape index (κ1) is 9.29. The Kier molecular flexibility index (Phi) is 4.31. The van der Waals surface area contributed by atoms with Crippen LogP contribution in [-0.4, -0.2) is 23.5 Å². The van der Waals surface area contributed by atoms with E-state index in [-0.39, 0.29) is 11.6 Å². The number of ketones is 2. The maximum absolute atomic E-state index is 10.3. The van der Waals surface area contributed by atoms with Gasteiger partial charge in [0.25, 0.3) is 0 Å². The summed E-state index contributed by atoms with van der Waals surface area (Å²) in [6, 6.07) is 0. The zero-order chi connectivity index (χ0) is 8.69. The van der Waals surface area contributed by atoms with Gasteiger partial charge < -0.3 is 5.21 Å². The van der Waals surface area contributed by atoms with E-state index >= 15 is 0 Å². The molecule has 1 aliphatic carbocycles. The molecule has 0 aromatic carbocycles. The van der Waals surface area contributed by atoms with E-state index in [1.165, 1.54) is 24.3 Å². The van der Waals surface area contributed by atoms with E-state index in [4.69, 9.17) is 5.21 Å². The van der Waals surface area contributed by atoms with Gasteiger partial charge in [-0.25, -0.2) is 0 Å². The van der Waals surface area contributed by atoms with Crippen molar-refractivity contribution >= 4 is 18.3 Å². The normalized spacial score (nSPS) is 13.8. The quantitative estimate of drug-likeness (QED) is 0.236.